The molecular formula is C15H21FN2O2. The van der Waals surface area contributed by atoms with Crippen LogP contribution in [0.15, 0.2) is 18.2 Å². The van der Waals surface area contributed by atoms with E-state index in [4.69, 9.17) is 10.5 Å². The van der Waals surface area contributed by atoms with Gasteiger partial charge >= 0.3 is 0 Å². The molecule has 1 atom stereocenters. The summed E-state index contributed by atoms with van der Waals surface area (Å²) in [6.07, 6.45) is 2.02. The lowest BCUT2D eigenvalue weighted by atomic mass is 10.1. The molecule has 1 aromatic carbocycles. The third-order valence-electron chi connectivity index (χ3n) is 3.50. The topological polar surface area (TPSA) is 55.6 Å². The number of nitrogens with zero attached hydrogens (tertiary/aromatic N) is 1. The predicted octanol–water partition coefficient (Wildman–Crippen LogP) is 1.72. The normalized spacial score (nSPS) is 16.2. The van der Waals surface area contributed by atoms with E-state index in [1.54, 1.807) is 24.0 Å². The van der Waals surface area contributed by atoms with Crippen molar-refractivity contribution in [3.05, 3.63) is 29.6 Å². The number of hydrogen-bond donors (Lipinski definition) is 1. The number of nitrogens with two attached hydrogens (primary N) is 1. The van der Waals surface area contributed by atoms with Gasteiger partial charge in [-0.1, -0.05) is 6.07 Å². The third-order valence-corrected chi connectivity index (χ3v) is 3.50. The molecule has 1 unspecified atom stereocenters. The van der Waals surface area contributed by atoms with Crippen LogP contribution < -0.4 is 10.5 Å². The van der Waals surface area contributed by atoms with Crippen molar-refractivity contribution in [2.24, 2.45) is 5.73 Å². The van der Waals surface area contributed by atoms with Gasteiger partial charge in [-0.2, -0.15) is 0 Å². The maximum atomic E-state index is 13.9. The molecule has 1 aromatic rings. The second-order valence-corrected chi connectivity index (χ2v) is 5.10. The number of benzene rings is 1. The van der Waals surface area contributed by atoms with Crippen molar-refractivity contribution in [3.63, 3.8) is 0 Å². The lowest BCUT2D eigenvalue weighted by Gasteiger charge is -2.21. The smallest absolute Gasteiger partial charge is 0.263 e. The molecule has 0 radical (unpaired) electrons. The van der Waals surface area contributed by atoms with Crippen LogP contribution in [0.1, 0.15) is 25.3 Å². The Morgan fingerprint density at radius 1 is 1.45 bits per heavy atom. The van der Waals surface area contributed by atoms with E-state index < -0.39 is 11.9 Å². The minimum absolute atomic E-state index is 0.0760. The van der Waals surface area contributed by atoms with Gasteiger partial charge in [0.05, 0.1) is 0 Å². The molecule has 0 aromatic heterocycles. The van der Waals surface area contributed by atoms with Crippen LogP contribution in [0, 0.1) is 5.82 Å². The first kappa shape index (κ1) is 14.8. The minimum Gasteiger partial charge on any atom is -0.478 e. The molecule has 1 saturated heterocycles. The van der Waals surface area contributed by atoms with E-state index >= 15 is 0 Å². The summed E-state index contributed by atoms with van der Waals surface area (Å²) in [7, 11) is 0. The van der Waals surface area contributed by atoms with E-state index in [-0.39, 0.29) is 11.7 Å². The average molecular weight is 280 g/mol. The van der Waals surface area contributed by atoms with E-state index in [9.17, 15) is 9.18 Å². The first-order chi connectivity index (χ1) is 9.61. The molecular weight excluding hydrogens is 259 g/mol. The summed E-state index contributed by atoms with van der Waals surface area (Å²) in [4.78, 5) is 13.9. The summed E-state index contributed by atoms with van der Waals surface area (Å²) in [5.41, 5.74) is 6.26. The van der Waals surface area contributed by atoms with Crippen LogP contribution in [0.3, 0.4) is 0 Å². The standard InChI is InChI=1S/C15H21FN2O2/c1-11(15(19)18-8-2-3-9-18)20-14-5-4-12(6-7-17)10-13(14)16/h4-5,10-11H,2-3,6-9,17H2,1H3. The van der Waals surface area contributed by atoms with Crippen LogP contribution in [-0.2, 0) is 11.2 Å². The van der Waals surface area contributed by atoms with E-state index in [2.05, 4.69) is 0 Å². The highest BCUT2D eigenvalue weighted by Gasteiger charge is 2.25. The summed E-state index contributed by atoms with van der Waals surface area (Å²) >= 11 is 0. The Hall–Kier alpha value is -1.62. The zero-order valence-corrected chi connectivity index (χ0v) is 11.8. The lowest BCUT2D eigenvalue weighted by Crippen LogP contribution is -2.38. The fraction of sp³-hybridized carbons (Fsp3) is 0.533. The van der Waals surface area contributed by atoms with E-state index in [0.717, 1.165) is 31.5 Å². The molecule has 1 amide bonds. The highest BCUT2D eigenvalue weighted by Crippen LogP contribution is 2.21. The molecule has 5 heteroatoms. The number of carbonyl (C=O) groups is 1. The van der Waals surface area contributed by atoms with Crippen molar-refractivity contribution in [3.8, 4) is 5.75 Å². The second kappa shape index (κ2) is 6.70. The summed E-state index contributed by atoms with van der Waals surface area (Å²) in [6, 6.07) is 4.75. The molecule has 110 valence electrons. The molecule has 20 heavy (non-hydrogen) atoms. The molecule has 1 aliphatic heterocycles. The van der Waals surface area contributed by atoms with Crippen molar-refractivity contribution in [1.82, 2.24) is 4.90 Å². The number of ether oxygens (including phenoxy) is 1. The Labute approximate surface area is 118 Å². The Morgan fingerprint density at radius 2 is 2.15 bits per heavy atom. The molecule has 4 nitrogen and oxygen atoms in total. The zero-order valence-electron chi connectivity index (χ0n) is 11.8. The van der Waals surface area contributed by atoms with Gasteiger partial charge in [0.2, 0.25) is 0 Å². The maximum Gasteiger partial charge on any atom is 0.263 e. The first-order valence-electron chi connectivity index (χ1n) is 7.05. The van der Waals surface area contributed by atoms with Crippen LogP contribution in [0.4, 0.5) is 4.39 Å². The highest BCUT2D eigenvalue weighted by molar-refractivity contribution is 5.81. The molecule has 0 aliphatic carbocycles. The van der Waals surface area contributed by atoms with Gasteiger partial charge < -0.3 is 15.4 Å². The van der Waals surface area contributed by atoms with Crippen molar-refractivity contribution in [2.75, 3.05) is 19.6 Å². The Balaban J connectivity index is 1.99. The number of carbonyl (C=O) groups excluding carboxylic acids is 1. The highest BCUT2D eigenvalue weighted by atomic mass is 19.1. The molecule has 1 heterocycles. The average Bonchev–Trinajstić information content (AvgIpc) is 2.95. The molecule has 0 spiro atoms. The van der Waals surface area contributed by atoms with Crippen LogP contribution in [0.25, 0.3) is 0 Å². The monoisotopic (exact) mass is 280 g/mol. The number of amides is 1. The summed E-state index contributed by atoms with van der Waals surface area (Å²) < 4.78 is 19.3. The number of rotatable bonds is 5. The van der Waals surface area contributed by atoms with Crippen LogP contribution in [-0.4, -0.2) is 36.5 Å². The van der Waals surface area contributed by atoms with Gasteiger partial charge in [-0.25, -0.2) is 4.39 Å². The van der Waals surface area contributed by atoms with E-state index in [0.29, 0.717) is 13.0 Å². The molecule has 2 rings (SSSR count). The van der Waals surface area contributed by atoms with Crippen molar-refractivity contribution < 1.29 is 13.9 Å². The third kappa shape index (κ3) is 3.48. The fourth-order valence-electron chi connectivity index (χ4n) is 2.40. The first-order valence-corrected chi connectivity index (χ1v) is 7.05. The number of halogens is 1. The molecule has 2 N–H and O–H groups in total. The fourth-order valence-corrected chi connectivity index (χ4v) is 2.40. The molecule has 0 bridgehead atoms. The Kier molecular flexibility index (Phi) is 4.95. The lowest BCUT2D eigenvalue weighted by molar-refractivity contribution is -0.136. The minimum atomic E-state index is -0.664. The van der Waals surface area contributed by atoms with Gasteiger partial charge in [-0.3, -0.25) is 4.79 Å². The van der Waals surface area contributed by atoms with Crippen LogP contribution in [0.2, 0.25) is 0 Å². The summed E-state index contributed by atoms with van der Waals surface area (Å²) in [5.74, 6) is -0.407. The van der Waals surface area contributed by atoms with Gasteiger partial charge in [0, 0.05) is 13.1 Å². The predicted molar refractivity (Wildman–Crippen MR) is 75.1 cm³/mol. The second-order valence-electron chi connectivity index (χ2n) is 5.10. The Morgan fingerprint density at radius 3 is 2.75 bits per heavy atom. The van der Waals surface area contributed by atoms with Crippen molar-refractivity contribution in [1.29, 1.82) is 0 Å². The van der Waals surface area contributed by atoms with Gasteiger partial charge in [0.1, 0.15) is 0 Å². The van der Waals surface area contributed by atoms with Gasteiger partial charge in [-0.05, 0) is 50.4 Å². The quantitative estimate of drug-likeness (QED) is 0.893. The zero-order chi connectivity index (χ0) is 14.5. The van der Waals surface area contributed by atoms with Crippen LogP contribution >= 0.6 is 0 Å². The van der Waals surface area contributed by atoms with Crippen LogP contribution in [0.5, 0.6) is 5.75 Å². The van der Waals surface area contributed by atoms with Gasteiger partial charge in [0.25, 0.3) is 5.91 Å². The molecule has 1 aliphatic rings. The van der Waals surface area contributed by atoms with E-state index in [1.807, 2.05) is 0 Å². The van der Waals surface area contributed by atoms with Crippen molar-refractivity contribution in [2.45, 2.75) is 32.3 Å². The van der Waals surface area contributed by atoms with Gasteiger partial charge in [0.15, 0.2) is 17.7 Å². The largest absolute Gasteiger partial charge is 0.478 e. The SMILES string of the molecule is CC(Oc1ccc(CCN)cc1F)C(=O)N1CCCC1. The maximum absolute atomic E-state index is 13.9. The molecule has 0 saturated carbocycles. The van der Waals surface area contributed by atoms with Gasteiger partial charge in [-0.15, -0.1) is 0 Å². The molecule has 1 fully saturated rings. The van der Waals surface area contributed by atoms with Crippen molar-refractivity contribution >= 4 is 5.91 Å². The number of hydrogen-bond acceptors (Lipinski definition) is 3. The summed E-state index contributed by atoms with van der Waals surface area (Å²) in [6.45, 7) is 3.67. The van der Waals surface area contributed by atoms with E-state index in [1.165, 1.54) is 6.07 Å². The Bertz CT molecular complexity index is 473. The number of likely N-dealkylation sites (tertiary alicyclic amines) is 1. The summed E-state index contributed by atoms with van der Waals surface area (Å²) in [5, 5.41) is 0.